The average molecular weight is 493 g/mol. The van der Waals surface area contributed by atoms with Crippen molar-refractivity contribution in [3.63, 3.8) is 0 Å². The van der Waals surface area contributed by atoms with Gasteiger partial charge in [-0.15, -0.1) is 0 Å². The Hall–Kier alpha value is -3.42. The zero-order chi connectivity index (χ0) is 25.7. The smallest absolute Gasteiger partial charge is 0.326 e. The number of hydrogen-bond acceptors (Lipinski definition) is 5. The number of hydrogen-bond donors (Lipinski definition) is 3. The Kier molecular flexibility index (Phi) is 7.91. The number of aliphatic carboxylic acids is 1. The minimum Gasteiger partial charge on any atom is -0.480 e. The van der Waals surface area contributed by atoms with Crippen molar-refractivity contribution in [2.75, 3.05) is 23.3 Å². The van der Waals surface area contributed by atoms with Crippen LogP contribution >= 0.6 is 0 Å². The highest BCUT2D eigenvalue weighted by Crippen LogP contribution is 2.36. The molecule has 1 aliphatic carbocycles. The molecule has 1 aliphatic heterocycles. The van der Waals surface area contributed by atoms with Crippen molar-refractivity contribution in [3.8, 4) is 0 Å². The summed E-state index contributed by atoms with van der Waals surface area (Å²) in [6, 6.07) is 10.3. The van der Waals surface area contributed by atoms with Gasteiger partial charge in [-0.25, -0.2) is 9.78 Å². The van der Waals surface area contributed by atoms with Crippen molar-refractivity contribution in [1.82, 2.24) is 10.3 Å². The number of rotatable bonds is 9. The standard InChI is InChI=1S/C28H36N4O4/c1-19-10-13-29-24(14-19)30-17-21-16-25(33)32(18-21)22-8-6-20(7-9-22)15-23(26(34)35)31-27(36)28(2)11-4-3-5-12-28/h6-10,13-14,21,23H,3-5,11-12,15-18H2,1-2H3,(H,29,30)(H,31,36)(H,34,35). The summed E-state index contributed by atoms with van der Waals surface area (Å²) in [6.07, 6.45) is 7.13. The number of carbonyl (C=O) groups is 3. The third-order valence-electron chi connectivity index (χ3n) is 7.49. The van der Waals surface area contributed by atoms with Gasteiger partial charge in [-0.05, 0) is 55.2 Å². The number of amides is 2. The van der Waals surface area contributed by atoms with Crippen LogP contribution in [0.3, 0.4) is 0 Å². The maximum atomic E-state index is 12.9. The lowest BCUT2D eigenvalue weighted by Gasteiger charge is -2.33. The second kappa shape index (κ2) is 11.1. The Bertz CT molecular complexity index is 1090. The first-order chi connectivity index (χ1) is 17.2. The molecule has 0 radical (unpaired) electrons. The van der Waals surface area contributed by atoms with Crippen LogP contribution < -0.4 is 15.5 Å². The van der Waals surface area contributed by atoms with Crippen LogP contribution in [0.25, 0.3) is 0 Å². The Labute approximate surface area is 212 Å². The van der Waals surface area contributed by atoms with Gasteiger partial charge in [0, 0.05) is 49.1 Å². The fourth-order valence-corrected chi connectivity index (χ4v) is 5.19. The Balaban J connectivity index is 1.33. The van der Waals surface area contributed by atoms with Gasteiger partial charge >= 0.3 is 5.97 Å². The molecule has 2 aromatic rings. The van der Waals surface area contributed by atoms with E-state index in [0.717, 1.165) is 54.7 Å². The van der Waals surface area contributed by atoms with Gasteiger partial charge in [0.2, 0.25) is 11.8 Å². The second-order valence-electron chi connectivity index (χ2n) is 10.5. The van der Waals surface area contributed by atoms with Crippen LogP contribution in [0.1, 0.15) is 56.6 Å². The number of benzene rings is 1. The van der Waals surface area contributed by atoms with Gasteiger partial charge in [0.15, 0.2) is 0 Å². The van der Waals surface area contributed by atoms with Crippen LogP contribution in [0.2, 0.25) is 0 Å². The average Bonchev–Trinajstić information content (AvgIpc) is 3.23. The lowest BCUT2D eigenvalue weighted by Crippen LogP contribution is -2.49. The van der Waals surface area contributed by atoms with Crippen LogP contribution in [0, 0.1) is 18.3 Å². The molecule has 2 unspecified atom stereocenters. The van der Waals surface area contributed by atoms with E-state index in [1.165, 1.54) is 0 Å². The number of aryl methyl sites for hydroxylation is 1. The number of carboxylic acids is 1. The molecule has 1 saturated heterocycles. The van der Waals surface area contributed by atoms with E-state index in [1.54, 1.807) is 11.1 Å². The largest absolute Gasteiger partial charge is 0.480 e. The molecule has 1 aromatic heterocycles. The molecule has 1 saturated carbocycles. The van der Waals surface area contributed by atoms with Crippen molar-refractivity contribution in [1.29, 1.82) is 0 Å². The van der Waals surface area contributed by atoms with Gasteiger partial charge in [0.25, 0.3) is 0 Å². The fourth-order valence-electron chi connectivity index (χ4n) is 5.19. The maximum absolute atomic E-state index is 12.9. The van der Waals surface area contributed by atoms with E-state index in [9.17, 15) is 19.5 Å². The number of nitrogens with zero attached hydrogens (tertiary/aromatic N) is 2. The van der Waals surface area contributed by atoms with Crippen molar-refractivity contribution >= 4 is 29.3 Å². The van der Waals surface area contributed by atoms with Crippen molar-refractivity contribution in [3.05, 3.63) is 53.7 Å². The molecule has 36 heavy (non-hydrogen) atoms. The van der Waals surface area contributed by atoms with Crippen LogP contribution in [-0.2, 0) is 20.8 Å². The van der Waals surface area contributed by atoms with Crippen molar-refractivity contribution in [2.24, 2.45) is 11.3 Å². The molecule has 0 bridgehead atoms. The SMILES string of the molecule is Cc1ccnc(NCC2CC(=O)N(c3ccc(CC(NC(=O)C4(C)CCCCC4)C(=O)O)cc3)C2)c1. The topological polar surface area (TPSA) is 112 Å². The molecule has 192 valence electrons. The minimum absolute atomic E-state index is 0.0724. The normalized spacial score (nSPS) is 20.1. The molecule has 2 atom stereocenters. The third-order valence-corrected chi connectivity index (χ3v) is 7.49. The molecule has 8 heteroatoms. The highest BCUT2D eigenvalue weighted by molar-refractivity contribution is 5.95. The Morgan fingerprint density at radius 1 is 1.17 bits per heavy atom. The fraction of sp³-hybridized carbons (Fsp3) is 0.500. The van der Waals surface area contributed by atoms with E-state index in [4.69, 9.17) is 0 Å². The lowest BCUT2D eigenvalue weighted by molar-refractivity contribution is -0.144. The van der Waals surface area contributed by atoms with Crippen molar-refractivity contribution in [2.45, 2.75) is 64.8 Å². The summed E-state index contributed by atoms with van der Waals surface area (Å²) in [4.78, 5) is 43.5. The van der Waals surface area contributed by atoms with E-state index in [1.807, 2.05) is 50.2 Å². The highest BCUT2D eigenvalue weighted by Gasteiger charge is 2.36. The summed E-state index contributed by atoms with van der Waals surface area (Å²) in [5.74, 6) is -0.160. The van der Waals surface area contributed by atoms with E-state index in [2.05, 4.69) is 15.6 Å². The molecule has 4 rings (SSSR count). The zero-order valence-electron chi connectivity index (χ0n) is 21.1. The quantitative estimate of drug-likeness (QED) is 0.489. The summed E-state index contributed by atoms with van der Waals surface area (Å²) in [5.41, 5.74) is 2.23. The molecule has 2 aliphatic rings. The van der Waals surface area contributed by atoms with E-state index in [-0.39, 0.29) is 24.2 Å². The van der Waals surface area contributed by atoms with Gasteiger partial charge in [0.1, 0.15) is 11.9 Å². The molecular formula is C28H36N4O4. The lowest BCUT2D eigenvalue weighted by atomic mass is 9.75. The Morgan fingerprint density at radius 3 is 2.56 bits per heavy atom. The van der Waals surface area contributed by atoms with Gasteiger partial charge in [-0.2, -0.15) is 0 Å². The maximum Gasteiger partial charge on any atom is 0.326 e. The predicted molar refractivity (Wildman–Crippen MR) is 139 cm³/mol. The van der Waals surface area contributed by atoms with Crippen LogP contribution in [0.5, 0.6) is 0 Å². The molecule has 2 fully saturated rings. The monoisotopic (exact) mass is 492 g/mol. The predicted octanol–water partition coefficient (Wildman–Crippen LogP) is 3.94. The number of carbonyl (C=O) groups excluding carboxylic acids is 2. The number of aromatic nitrogens is 1. The summed E-state index contributed by atoms with van der Waals surface area (Å²) in [5, 5.41) is 15.8. The summed E-state index contributed by atoms with van der Waals surface area (Å²) in [7, 11) is 0. The van der Waals surface area contributed by atoms with E-state index in [0.29, 0.717) is 19.5 Å². The number of nitrogens with one attached hydrogen (secondary N) is 2. The van der Waals surface area contributed by atoms with Crippen LogP contribution in [0.15, 0.2) is 42.6 Å². The van der Waals surface area contributed by atoms with Gasteiger partial charge in [0.05, 0.1) is 0 Å². The van der Waals surface area contributed by atoms with Crippen LogP contribution in [-0.4, -0.2) is 47.0 Å². The highest BCUT2D eigenvalue weighted by atomic mass is 16.4. The van der Waals surface area contributed by atoms with Gasteiger partial charge in [-0.1, -0.05) is 38.3 Å². The first-order valence-electron chi connectivity index (χ1n) is 12.8. The first kappa shape index (κ1) is 25.7. The zero-order valence-corrected chi connectivity index (χ0v) is 21.1. The molecule has 3 N–H and O–H groups in total. The van der Waals surface area contributed by atoms with E-state index < -0.39 is 17.4 Å². The first-order valence-corrected chi connectivity index (χ1v) is 12.8. The number of carboxylic acid groups (broad SMARTS) is 1. The Morgan fingerprint density at radius 2 is 1.89 bits per heavy atom. The molecule has 2 heterocycles. The summed E-state index contributed by atoms with van der Waals surface area (Å²) < 4.78 is 0. The molecule has 2 amide bonds. The molecular weight excluding hydrogens is 456 g/mol. The van der Waals surface area contributed by atoms with Crippen molar-refractivity contribution < 1.29 is 19.5 Å². The summed E-state index contributed by atoms with van der Waals surface area (Å²) in [6.45, 7) is 5.22. The van der Waals surface area contributed by atoms with Gasteiger partial charge in [-0.3, -0.25) is 9.59 Å². The van der Waals surface area contributed by atoms with E-state index >= 15 is 0 Å². The molecule has 0 spiro atoms. The second-order valence-corrected chi connectivity index (χ2v) is 10.5. The number of pyridine rings is 1. The van der Waals surface area contributed by atoms with Crippen LogP contribution in [0.4, 0.5) is 11.5 Å². The minimum atomic E-state index is -1.04. The summed E-state index contributed by atoms with van der Waals surface area (Å²) >= 11 is 0. The third kappa shape index (κ3) is 6.22. The molecule has 1 aromatic carbocycles. The molecule has 8 nitrogen and oxygen atoms in total. The number of anilines is 2. The van der Waals surface area contributed by atoms with Gasteiger partial charge < -0.3 is 20.6 Å².